The minimum Gasteiger partial charge on any atom is -0.382 e. The van der Waals surface area contributed by atoms with Gasteiger partial charge in [0.25, 0.3) is 0 Å². The summed E-state index contributed by atoms with van der Waals surface area (Å²) in [6.07, 6.45) is -1.08. The molecule has 0 aliphatic carbocycles. The van der Waals surface area contributed by atoms with Gasteiger partial charge in [-0.2, -0.15) is 13.2 Å². The van der Waals surface area contributed by atoms with Gasteiger partial charge in [0, 0.05) is 24.9 Å². The lowest BCUT2D eigenvalue weighted by atomic mass is 9.92. The molecule has 2 saturated heterocycles. The second-order valence-electron chi connectivity index (χ2n) is 6.48. The highest BCUT2D eigenvalue weighted by Gasteiger charge is 2.41. The summed E-state index contributed by atoms with van der Waals surface area (Å²) < 4.78 is 41.7. The second-order valence-corrected chi connectivity index (χ2v) is 7.24. The Kier molecular flexibility index (Phi) is 3.71. The van der Waals surface area contributed by atoms with Gasteiger partial charge in [0.2, 0.25) is 5.91 Å². The van der Waals surface area contributed by atoms with E-state index < -0.39 is 11.9 Å². The highest BCUT2D eigenvalue weighted by atomic mass is 79.9. The second kappa shape index (κ2) is 5.58. The predicted molar refractivity (Wildman–Crippen MR) is 86.8 cm³/mol. The Bertz CT molecular complexity index is 865. The van der Waals surface area contributed by atoms with Crippen molar-refractivity contribution in [2.45, 2.75) is 43.8 Å². The monoisotopic (exact) mass is 417 g/mol. The zero-order valence-electron chi connectivity index (χ0n) is 13.1. The van der Waals surface area contributed by atoms with Crippen molar-refractivity contribution < 1.29 is 18.0 Å². The zero-order valence-corrected chi connectivity index (χ0v) is 14.6. The van der Waals surface area contributed by atoms with Crippen molar-refractivity contribution in [2.24, 2.45) is 0 Å². The molecule has 2 aliphatic heterocycles. The van der Waals surface area contributed by atoms with Crippen LogP contribution in [0.1, 0.15) is 43.1 Å². The molecule has 2 aliphatic rings. The summed E-state index contributed by atoms with van der Waals surface area (Å²) in [5.74, 6) is 0.0258. The minimum atomic E-state index is -4.59. The number of nitrogens with zero attached hydrogens (tertiary/aromatic N) is 4. The van der Waals surface area contributed by atoms with Gasteiger partial charge >= 0.3 is 6.18 Å². The van der Waals surface area contributed by atoms with Crippen molar-refractivity contribution >= 4 is 33.2 Å². The van der Waals surface area contributed by atoms with E-state index in [4.69, 9.17) is 5.73 Å². The average Bonchev–Trinajstić information content (AvgIpc) is 3.08. The van der Waals surface area contributed by atoms with Crippen LogP contribution < -0.4 is 5.73 Å². The summed E-state index contributed by atoms with van der Waals surface area (Å²) in [4.78, 5) is 21.8. The van der Waals surface area contributed by atoms with E-state index in [1.54, 1.807) is 4.90 Å². The first-order valence-electron chi connectivity index (χ1n) is 7.96. The molecule has 2 aromatic heterocycles. The summed E-state index contributed by atoms with van der Waals surface area (Å²) in [7, 11) is 0. The van der Waals surface area contributed by atoms with E-state index in [1.165, 1.54) is 0 Å². The molecule has 2 aromatic rings. The molecular formula is C15H15BrF3N5O. The Balaban J connectivity index is 1.85. The summed E-state index contributed by atoms with van der Waals surface area (Å²) in [6, 6.07) is 0.201. The number of rotatable bonds is 1. The molecule has 0 aromatic carbocycles. The van der Waals surface area contributed by atoms with E-state index in [1.807, 2.05) is 0 Å². The molecule has 1 amide bonds. The Morgan fingerprint density at radius 2 is 2.04 bits per heavy atom. The maximum atomic E-state index is 13.5. The zero-order chi connectivity index (χ0) is 17.9. The third-order valence-corrected chi connectivity index (χ3v) is 5.60. The van der Waals surface area contributed by atoms with Gasteiger partial charge < -0.3 is 10.6 Å². The van der Waals surface area contributed by atoms with Crippen LogP contribution in [-0.2, 0) is 11.0 Å². The SMILES string of the molecule is Nc1ncc(C(F)(F)F)n2c([C@@H]3CC[C@H]4CCC(=O)N4C3)nc(Br)c12. The van der Waals surface area contributed by atoms with Gasteiger partial charge in [0.1, 0.15) is 21.6 Å². The number of amides is 1. The summed E-state index contributed by atoms with van der Waals surface area (Å²) in [6.45, 7) is 0.384. The maximum absolute atomic E-state index is 13.5. The molecule has 0 bridgehead atoms. The van der Waals surface area contributed by atoms with Gasteiger partial charge in [-0.1, -0.05) is 0 Å². The van der Waals surface area contributed by atoms with Crippen LogP contribution in [0.4, 0.5) is 19.0 Å². The fourth-order valence-corrected chi connectivity index (χ4v) is 4.44. The molecule has 0 unspecified atom stereocenters. The lowest BCUT2D eigenvalue weighted by Gasteiger charge is -2.34. The van der Waals surface area contributed by atoms with Crippen LogP contribution in [0.2, 0.25) is 0 Å². The first-order chi connectivity index (χ1) is 11.8. The molecular weight excluding hydrogens is 403 g/mol. The van der Waals surface area contributed by atoms with Crippen LogP contribution in [-0.4, -0.2) is 37.8 Å². The summed E-state index contributed by atoms with van der Waals surface area (Å²) in [5.41, 5.74) is 4.98. The molecule has 2 fully saturated rings. The number of alkyl halides is 3. The van der Waals surface area contributed by atoms with E-state index in [9.17, 15) is 18.0 Å². The molecule has 25 heavy (non-hydrogen) atoms. The number of halogens is 4. The average molecular weight is 418 g/mol. The van der Waals surface area contributed by atoms with Crippen LogP contribution in [0.15, 0.2) is 10.8 Å². The van der Waals surface area contributed by atoms with Crippen molar-refractivity contribution in [1.29, 1.82) is 0 Å². The highest BCUT2D eigenvalue weighted by molar-refractivity contribution is 9.10. The number of carbonyl (C=O) groups is 1. The minimum absolute atomic E-state index is 0.0236. The van der Waals surface area contributed by atoms with Crippen LogP contribution in [0.5, 0.6) is 0 Å². The van der Waals surface area contributed by atoms with Crippen LogP contribution >= 0.6 is 15.9 Å². The third kappa shape index (κ3) is 2.57. The normalized spacial score (nSPS) is 24.2. The summed E-state index contributed by atoms with van der Waals surface area (Å²) in [5, 5.41) is 0. The van der Waals surface area contributed by atoms with Gasteiger partial charge in [-0.25, -0.2) is 9.97 Å². The van der Waals surface area contributed by atoms with E-state index in [-0.39, 0.29) is 39.6 Å². The number of hydrogen-bond acceptors (Lipinski definition) is 4. The van der Waals surface area contributed by atoms with Gasteiger partial charge in [0.15, 0.2) is 5.82 Å². The third-order valence-electron chi connectivity index (χ3n) is 5.04. The maximum Gasteiger partial charge on any atom is 0.433 e. The number of nitrogens with two attached hydrogens (primary N) is 1. The number of anilines is 1. The van der Waals surface area contributed by atoms with Gasteiger partial charge in [-0.15, -0.1) is 0 Å². The molecule has 10 heteroatoms. The fraction of sp³-hybridized carbons (Fsp3) is 0.533. The topological polar surface area (TPSA) is 76.5 Å². The van der Waals surface area contributed by atoms with Crippen molar-refractivity contribution in [3.05, 3.63) is 22.3 Å². The van der Waals surface area contributed by atoms with Crippen molar-refractivity contribution in [1.82, 2.24) is 19.3 Å². The van der Waals surface area contributed by atoms with E-state index in [0.29, 0.717) is 19.4 Å². The van der Waals surface area contributed by atoms with Crippen molar-refractivity contribution in [2.75, 3.05) is 12.3 Å². The Hall–Kier alpha value is -1.84. The lowest BCUT2D eigenvalue weighted by molar-refractivity contribution is -0.142. The largest absolute Gasteiger partial charge is 0.433 e. The van der Waals surface area contributed by atoms with Gasteiger partial charge in [-0.05, 0) is 35.2 Å². The number of aromatic nitrogens is 3. The van der Waals surface area contributed by atoms with E-state index in [2.05, 4.69) is 25.9 Å². The van der Waals surface area contributed by atoms with E-state index in [0.717, 1.165) is 23.4 Å². The van der Waals surface area contributed by atoms with Gasteiger partial charge in [-0.3, -0.25) is 9.20 Å². The molecule has 4 heterocycles. The molecule has 2 N–H and O–H groups in total. The smallest absolute Gasteiger partial charge is 0.382 e. The first kappa shape index (κ1) is 16.6. The number of carbonyl (C=O) groups excluding carboxylic acids is 1. The number of hydrogen-bond donors (Lipinski definition) is 1. The van der Waals surface area contributed by atoms with Crippen LogP contribution in [0.3, 0.4) is 0 Å². The predicted octanol–water partition coefficient (Wildman–Crippen LogP) is 2.96. The number of fused-ring (bicyclic) bond motifs is 2. The highest BCUT2D eigenvalue weighted by Crippen LogP contribution is 2.39. The first-order valence-corrected chi connectivity index (χ1v) is 8.75. The quantitative estimate of drug-likeness (QED) is 0.773. The van der Waals surface area contributed by atoms with E-state index >= 15 is 0 Å². The number of imidazole rings is 1. The molecule has 0 spiro atoms. The van der Waals surface area contributed by atoms with Crippen molar-refractivity contribution in [3.63, 3.8) is 0 Å². The molecule has 6 nitrogen and oxygen atoms in total. The van der Waals surface area contributed by atoms with Crippen LogP contribution in [0.25, 0.3) is 5.52 Å². The lowest BCUT2D eigenvalue weighted by Crippen LogP contribution is -2.41. The Labute approximate surface area is 149 Å². The Morgan fingerprint density at radius 3 is 2.76 bits per heavy atom. The molecule has 2 atom stereocenters. The standard InChI is InChI=1S/C15H15BrF3N5O/c16-12-11-13(20)21-5-9(15(17,18)19)24(11)14(22-12)7-1-2-8-3-4-10(25)23(8)6-7/h5,7-8H,1-4,6H2,(H2,20,21)/t7-,8+/m1/s1. The fourth-order valence-electron chi connectivity index (χ4n) is 3.88. The summed E-state index contributed by atoms with van der Waals surface area (Å²) >= 11 is 3.20. The number of piperidine rings is 1. The van der Waals surface area contributed by atoms with Gasteiger partial charge in [0.05, 0.1) is 6.20 Å². The molecule has 4 rings (SSSR count). The number of nitrogen functional groups attached to an aromatic ring is 1. The Morgan fingerprint density at radius 1 is 1.28 bits per heavy atom. The van der Waals surface area contributed by atoms with Crippen molar-refractivity contribution in [3.8, 4) is 0 Å². The molecule has 0 saturated carbocycles. The van der Waals surface area contributed by atoms with Crippen LogP contribution in [0, 0.1) is 0 Å². The molecule has 134 valence electrons. The molecule has 0 radical (unpaired) electrons.